The summed E-state index contributed by atoms with van der Waals surface area (Å²) in [7, 11) is -3.86. The SMILES string of the molecule is C=C[C@@H]1C[C@]1(CC(=O)[C@@H]1C[C@@H]2CN1C(=O)[C@H](C(C)(C)C)NC(=O)OCCCCc1cccc3c1CN(C3)C(=O)O2)C(=O)NS(=O)(=O)C1CC1. The van der Waals surface area contributed by atoms with Gasteiger partial charge in [0, 0.05) is 25.9 Å². The van der Waals surface area contributed by atoms with Gasteiger partial charge in [-0.15, -0.1) is 6.58 Å². The normalized spacial score (nSPS) is 29.2. The minimum Gasteiger partial charge on any atom is -0.450 e. The minimum atomic E-state index is -3.86. The smallest absolute Gasteiger partial charge is 0.410 e. The second-order valence-corrected chi connectivity index (χ2v) is 17.2. The third-order valence-electron chi connectivity index (χ3n) is 10.5. The number of alkyl carbamates (subject to hydrolysis) is 1. The molecule has 0 aromatic heterocycles. The lowest BCUT2D eigenvalue weighted by Crippen LogP contribution is -2.57. The lowest BCUT2D eigenvalue weighted by molar-refractivity contribution is -0.142. The largest absolute Gasteiger partial charge is 0.450 e. The molecular weight excluding hydrogens is 652 g/mol. The lowest BCUT2D eigenvalue weighted by atomic mass is 9.85. The molecular formula is C35H46N4O9S. The number of nitrogens with zero attached hydrogens (tertiary/aromatic N) is 2. The molecule has 2 saturated carbocycles. The highest BCUT2D eigenvalue weighted by Crippen LogP contribution is 2.57. The van der Waals surface area contributed by atoms with Crippen molar-refractivity contribution in [2.24, 2.45) is 16.7 Å². The topological polar surface area (TPSA) is 168 Å². The number of Topliss-reactive ketones (excluding diaryl/α,β-unsaturated/α-hetero) is 1. The third-order valence-corrected chi connectivity index (χ3v) is 12.3. The number of nitrogens with one attached hydrogen (secondary N) is 2. The van der Waals surface area contributed by atoms with E-state index in [1.807, 2.05) is 18.2 Å². The van der Waals surface area contributed by atoms with Gasteiger partial charge in [0.15, 0.2) is 5.78 Å². The highest BCUT2D eigenvalue weighted by atomic mass is 32.2. The Morgan fingerprint density at radius 3 is 2.53 bits per heavy atom. The van der Waals surface area contributed by atoms with E-state index in [9.17, 15) is 32.4 Å². The number of ether oxygens (including phenoxy) is 2. The Balaban J connectivity index is 1.27. The van der Waals surface area contributed by atoms with Crippen molar-refractivity contribution in [2.45, 2.75) is 109 Å². The Labute approximate surface area is 287 Å². The second kappa shape index (κ2) is 13.1. The molecule has 49 heavy (non-hydrogen) atoms. The molecule has 1 saturated heterocycles. The molecule has 3 heterocycles. The highest BCUT2D eigenvalue weighted by molar-refractivity contribution is 7.90. The van der Waals surface area contributed by atoms with Gasteiger partial charge < -0.3 is 19.7 Å². The Morgan fingerprint density at radius 1 is 1.12 bits per heavy atom. The van der Waals surface area contributed by atoms with Gasteiger partial charge in [0.2, 0.25) is 21.8 Å². The summed E-state index contributed by atoms with van der Waals surface area (Å²) in [5.41, 5.74) is 1.10. The lowest BCUT2D eigenvalue weighted by Gasteiger charge is -2.35. The van der Waals surface area contributed by atoms with Gasteiger partial charge in [-0.25, -0.2) is 18.0 Å². The number of benzene rings is 1. The molecule has 2 aliphatic carbocycles. The van der Waals surface area contributed by atoms with E-state index in [-0.39, 0.29) is 32.4 Å². The van der Waals surface area contributed by atoms with Gasteiger partial charge >= 0.3 is 12.2 Å². The number of carbonyl (C=O) groups is 5. The van der Waals surface area contributed by atoms with E-state index in [0.717, 1.165) is 29.5 Å². The van der Waals surface area contributed by atoms with Crippen LogP contribution in [0.5, 0.6) is 0 Å². The summed E-state index contributed by atoms with van der Waals surface area (Å²) in [6, 6.07) is 3.80. The van der Waals surface area contributed by atoms with E-state index in [1.54, 1.807) is 31.7 Å². The third kappa shape index (κ3) is 7.20. The predicted molar refractivity (Wildman–Crippen MR) is 177 cm³/mol. The summed E-state index contributed by atoms with van der Waals surface area (Å²) in [6.45, 7) is 9.92. The number of fused-ring (bicyclic) bond motifs is 3. The van der Waals surface area contributed by atoms with E-state index >= 15 is 0 Å². The van der Waals surface area contributed by atoms with E-state index in [2.05, 4.69) is 16.6 Å². The van der Waals surface area contributed by atoms with Crippen molar-refractivity contribution in [3.05, 3.63) is 47.5 Å². The van der Waals surface area contributed by atoms with Crippen molar-refractivity contribution in [3.8, 4) is 0 Å². The second-order valence-electron chi connectivity index (χ2n) is 15.2. The molecule has 1 aromatic carbocycles. The van der Waals surface area contributed by atoms with Crippen molar-refractivity contribution in [3.63, 3.8) is 0 Å². The van der Waals surface area contributed by atoms with Crippen LogP contribution < -0.4 is 10.0 Å². The van der Waals surface area contributed by atoms with Gasteiger partial charge in [-0.05, 0) is 66.5 Å². The summed E-state index contributed by atoms with van der Waals surface area (Å²) in [5.74, 6) is -2.19. The van der Waals surface area contributed by atoms with Crippen LogP contribution in [0, 0.1) is 16.7 Å². The summed E-state index contributed by atoms with van der Waals surface area (Å²) in [4.78, 5) is 71.3. The summed E-state index contributed by atoms with van der Waals surface area (Å²) >= 11 is 0. The number of carbonyl (C=O) groups excluding carboxylic acids is 5. The number of ketones is 1. The zero-order valence-electron chi connectivity index (χ0n) is 28.4. The molecule has 4 amide bonds. The molecule has 0 unspecified atom stereocenters. The zero-order chi connectivity index (χ0) is 35.3. The first-order valence-electron chi connectivity index (χ1n) is 17.1. The van der Waals surface area contributed by atoms with Crippen LogP contribution in [0.2, 0.25) is 0 Å². The van der Waals surface area contributed by atoms with E-state index in [0.29, 0.717) is 32.4 Å². The van der Waals surface area contributed by atoms with E-state index in [4.69, 9.17) is 9.47 Å². The van der Waals surface area contributed by atoms with Crippen LogP contribution in [0.25, 0.3) is 0 Å². The molecule has 3 aliphatic heterocycles. The average Bonchev–Trinajstić information content (AvgIpc) is 3.92. The molecule has 5 aliphatic rings. The van der Waals surface area contributed by atoms with Crippen LogP contribution in [0.1, 0.15) is 82.4 Å². The fraction of sp³-hybridized carbons (Fsp3) is 0.629. The molecule has 13 nitrogen and oxygen atoms in total. The van der Waals surface area contributed by atoms with Gasteiger partial charge in [-0.1, -0.05) is 45.0 Å². The van der Waals surface area contributed by atoms with Crippen molar-refractivity contribution in [1.82, 2.24) is 19.8 Å². The maximum Gasteiger partial charge on any atom is 0.410 e. The average molecular weight is 699 g/mol. The predicted octanol–water partition coefficient (Wildman–Crippen LogP) is 3.35. The van der Waals surface area contributed by atoms with Gasteiger partial charge in [0.05, 0.1) is 29.9 Å². The van der Waals surface area contributed by atoms with Crippen LogP contribution in [0.3, 0.4) is 0 Å². The molecule has 14 heteroatoms. The van der Waals surface area contributed by atoms with Crippen LogP contribution >= 0.6 is 0 Å². The Morgan fingerprint density at radius 2 is 1.86 bits per heavy atom. The number of rotatable bonds is 7. The number of aryl methyl sites for hydroxylation is 1. The van der Waals surface area contributed by atoms with Gasteiger partial charge in [-0.3, -0.25) is 24.0 Å². The molecule has 1 aromatic rings. The Kier molecular flexibility index (Phi) is 9.31. The summed E-state index contributed by atoms with van der Waals surface area (Å²) in [6.07, 6.45) is 2.34. The molecule has 6 rings (SSSR count). The molecule has 3 fully saturated rings. The van der Waals surface area contributed by atoms with E-state index < -0.39 is 80.0 Å². The first-order valence-corrected chi connectivity index (χ1v) is 18.7. The van der Waals surface area contributed by atoms with Crippen molar-refractivity contribution < 1.29 is 41.9 Å². The van der Waals surface area contributed by atoms with Crippen LogP contribution in [-0.4, -0.2) is 84.6 Å². The van der Waals surface area contributed by atoms with Crippen LogP contribution in [-0.2, 0) is 53.4 Å². The van der Waals surface area contributed by atoms with Crippen molar-refractivity contribution >= 4 is 39.8 Å². The molecule has 5 atom stereocenters. The first kappa shape index (κ1) is 34.9. The first-order chi connectivity index (χ1) is 23.1. The molecule has 0 radical (unpaired) electrons. The molecule has 0 spiro atoms. The number of hydrogen-bond acceptors (Lipinski definition) is 9. The monoisotopic (exact) mass is 698 g/mol. The number of sulfonamides is 1. The molecule has 266 valence electrons. The fourth-order valence-electron chi connectivity index (χ4n) is 7.37. The Hall–Kier alpha value is -3.94. The maximum absolute atomic E-state index is 14.3. The van der Waals surface area contributed by atoms with Gasteiger partial charge in [0.1, 0.15) is 12.1 Å². The fourth-order valence-corrected chi connectivity index (χ4v) is 8.75. The summed E-state index contributed by atoms with van der Waals surface area (Å²) in [5, 5.41) is 2.09. The van der Waals surface area contributed by atoms with Gasteiger partial charge in [0.25, 0.3) is 0 Å². The number of cyclic esters (lactones) is 1. The summed E-state index contributed by atoms with van der Waals surface area (Å²) < 4.78 is 38.9. The minimum absolute atomic E-state index is 0.0134. The standard InChI is InChI=1S/C35H46N4O9S/c1-5-23-16-35(23,31(42)37-49(45,46)25-12-13-25)17-28(40)27-15-24-19-39(27)30(41)29(34(2,3)4)36-32(43)47-14-7-6-9-21-10-8-11-22-18-38(20-26(21)22)33(44)48-24/h5,8,10-11,23-25,27,29H,1,6-7,9,12-20H2,2-4H3,(H,36,43)(H,37,42)/t23-,24-,27+,29-,35-/m1/s1. The van der Waals surface area contributed by atoms with Gasteiger partial charge in [-0.2, -0.15) is 0 Å². The maximum atomic E-state index is 14.3. The molecule has 2 N–H and O–H groups in total. The van der Waals surface area contributed by atoms with Crippen molar-refractivity contribution in [2.75, 3.05) is 13.2 Å². The van der Waals surface area contributed by atoms with Crippen molar-refractivity contribution in [1.29, 1.82) is 0 Å². The van der Waals surface area contributed by atoms with Crippen LogP contribution in [0.15, 0.2) is 30.9 Å². The Bertz CT molecular complexity index is 1670. The number of amides is 4. The molecule has 4 bridgehead atoms. The highest BCUT2D eigenvalue weighted by Gasteiger charge is 2.61. The quantitative estimate of drug-likeness (QED) is 0.406. The van der Waals surface area contributed by atoms with E-state index in [1.165, 1.54) is 4.90 Å². The zero-order valence-corrected chi connectivity index (χ0v) is 29.2. The van der Waals surface area contributed by atoms with Crippen LogP contribution in [0.4, 0.5) is 9.59 Å². The number of hydrogen-bond donors (Lipinski definition) is 2. The number of allylic oxidation sites excluding steroid dienone is 1.